The van der Waals surface area contributed by atoms with Crippen molar-refractivity contribution in [1.82, 2.24) is 0 Å². The van der Waals surface area contributed by atoms with Crippen LogP contribution in [0.25, 0.3) is 0 Å². The van der Waals surface area contributed by atoms with Crippen molar-refractivity contribution >= 4 is 17.3 Å². The molecule has 1 heterocycles. The van der Waals surface area contributed by atoms with Crippen LogP contribution in [0.5, 0.6) is 0 Å². The van der Waals surface area contributed by atoms with Crippen molar-refractivity contribution in [3.05, 3.63) is 23.8 Å². The van der Waals surface area contributed by atoms with Gasteiger partial charge in [0.25, 0.3) is 0 Å². The summed E-state index contributed by atoms with van der Waals surface area (Å²) in [6, 6.07) is 6.22. The fourth-order valence-electron chi connectivity index (χ4n) is 2.60. The van der Waals surface area contributed by atoms with E-state index in [1.165, 1.54) is 5.56 Å². The standard InChI is InChI=1S/C15H23N3O/c1-11(7-8-16)10-18-14-5-4-13(17-2)9-12(14)3-6-15(18)19/h4-5,9,11,17H,3,6-8,10,16H2,1-2H3. The molecule has 3 N–H and O–H groups in total. The number of anilines is 2. The van der Waals surface area contributed by atoms with Gasteiger partial charge in [0, 0.05) is 31.4 Å². The molecule has 0 bridgehead atoms. The molecule has 1 aliphatic heterocycles. The van der Waals surface area contributed by atoms with Crippen molar-refractivity contribution in [2.75, 3.05) is 30.4 Å². The van der Waals surface area contributed by atoms with Crippen LogP contribution in [-0.2, 0) is 11.2 Å². The largest absolute Gasteiger partial charge is 0.388 e. The Balaban J connectivity index is 2.22. The minimum absolute atomic E-state index is 0.230. The van der Waals surface area contributed by atoms with Gasteiger partial charge < -0.3 is 16.0 Å². The number of nitrogens with zero attached hydrogens (tertiary/aromatic N) is 1. The zero-order valence-electron chi connectivity index (χ0n) is 11.8. The Morgan fingerprint density at radius 2 is 2.21 bits per heavy atom. The topological polar surface area (TPSA) is 58.4 Å². The lowest BCUT2D eigenvalue weighted by molar-refractivity contribution is -0.119. The van der Waals surface area contributed by atoms with Gasteiger partial charge in [0.05, 0.1) is 0 Å². The average molecular weight is 261 g/mol. The highest BCUT2D eigenvalue weighted by atomic mass is 16.2. The van der Waals surface area contributed by atoms with Gasteiger partial charge in [-0.05, 0) is 49.1 Å². The van der Waals surface area contributed by atoms with E-state index < -0.39 is 0 Å². The summed E-state index contributed by atoms with van der Waals surface area (Å²) < 4.78 is 0. The molecule has 19 heavy (non-hydrogen) atoms. The summed E-state index contributed by atoms with van der Waals surface area (Å²) in [5.74, 6) is 0.664. The van der Waals surface area contributed by atoms with Gasteiger partial charge in [-0.25, -0.2) is 0 Å². The van der Waals surface area contributed by atoms with Crippen molar-refractivity contribution in [2.45, 2.75) is 26.2 Å². The van der Waals surface area contributed by atoms with Crippen LogP contribution in [0.1, 0.15) is 25.3 Å². The third-order valence-electron chi connectivity index (χ3n) is 3.72. The average Bonchev–Trinajstić information content (AvgIpc) is 2.41. The SMILES string of the molecule is CNc1ccc2c(c1)CCC(=O)N2CC(C)CCN. The van der Waals surface area contributed by atoms with Crippen molar-refractivity contribution in [2.24, 2.45) is 11.7 Å². The molecule has 2 rings (SSSR count). The number of rotatable bonds is 5. The highest BCUT2D eigenvalue weighted by Crippen LogP contribution is 2.31. The molecule has 1 aliphatic rings. The van der Waals surface area contributed by atoms with Gasteiger partial charge >= 0.3 is 0 Å². The van der Waals surface area contributed by atoms with E-state index in [2.05, 4.69) is 18.3 Å². The van der Waals surface area contributed by atoms with E-state index in [4.69, 9.17) is 5.73 Å². The quantitative estimate of drug-likeness (QED) is 0.852. The fourth-order valence-corrected chi connectivity index (χ4v) is 2.60. The first-order valence-corrected chi connectivity index (χ1v) is 6.96. The van der Waals surface area contributed by atoms with E-state index in [9.17, 15) is 4.79 Å². The number of carbonyl (C=O) groups is 1. The Labute approximate surface area is 115 Å². The van der Waals surface area contributed by atoms with E-state index in [-0.39, 0.29) is 5.91 Å². The zero-order chi connectivity index (χ0) is 13.8. The number of hydrogen-bond donors (Lipinski definition) is 2. The molecule has 0 saturated heterocycles. The smallest absolute Gasteiger partial charge is 0.227 e. The zero-order valence-corrected chi connectivity index (χ0v) is 11.8. The molecule has 0 spiro atoms. The molecule has 104 valence electrons. The molecule has 0 aliphatic carbocycles. The van der Waals surface area contributed by atoms with Crippen molar-refractivity contribution in [1.29, 1.82) is 0 Å². The van der Waals surface area contributed by atoms with Crippen LogP contribution in [0, 0.1) is 5.92 Å². The van der Waals surface area contributed by atoms with Crippen molar-refractivity contribution in [3.63, 3.8) is 0 Å². The second-order valence-corrected chi connectivity index (χ2v) is 5.28. The first kappa shape index (κ1) is 13.9. The number of amides is 1. The molecule has 4 heteroatoms. The summed E-state index contributed by atoms with van der Waals surface area (Å²) in [5.41, 5.74) is 9.01. The number of benzene rings is 1. The Bertz CT molecular complexity index is 459. The molecule has 1 aromatic rings. The summed E-state index contributed by atoms with van der Waals surface area (Å²) in [6.07, 6.45) is 2.40. The van der Waals surface area contributed by atoms with Crippen molar-refractivity contribution in [3.8, 4) is 0 Å². The van der Waals surface area contributed by atoms with Crippen LogP contribution in [0.4, 0.5) is 11.4 Å². The maximum absolute atomic E-state index is 12.1. The summed E-state index contributed by atoms with van der Waals surface area (Å²) in [4.78, 5) is 14.1. The van der Waals surface area contributed by atoms with E-state index in [0.717, 1.165) is 30.8 Å². The molecule has 0 saturated carbocycles. The number of nitrogens with two attached hydrogens (primary N) is 1. The third kappa shape index (κ3) is 3.07. The molecule has 0 fully saturated rings. The summed E-state index contributed by atoms with van der Waals surface area (Å²) in [7, 11) is 1.91. The van der Waals surface area contributed by atoms with Crippen LogP contribution in [0.15, 0.2) is 18.2 Å². The molecule has 0 radical (unpaired) electrons. The predicted octanol–water partition coefficient (Wildman–Crippen LogP) is 1.99. The summed E-state index contributed by atoms with van der Waals surface area (Å²) >= 11 is 0. The van der Waals surface area contributed by atoms with E-state index in [0.29, 0.717) is 18.9 Å². The van der Waals surface area contributed by atoms with Gasteiger partial charge in [0.15, 0.2) is 0 Å². The maximum Gasteiger partial charge on any atom is 0.227 e. The molecule has 0 aromatic heterocycles. The van der Waals surface area contributed by atoms with Crippen LogP contribution < -0.4 is 16.0 Å². The molecular formula is C15H23N3O. The highest BCUT2D eigenvalue weighted by Gasteiger charge is 2.25. The second kappa shape index (κ2) is 6.06. The van der Waals surface area contributed by atoms with Gasteiger partial charge in [0.2, 0.25) is 5.91 Å². The van der Waals surface area contributed by atoms with Gasteiger partial charge in [-0.1, -0.05) is 6.92 Å². The van der Waals surface area contributed by atoms with Gasteiger partial charge in [-0.2, -0.15) is 0 Å². The first-order chi connectivity index (χ1) is 9.15. The summed E-state index contributed by atoms with van der Waals surface area (Å²) in [6.45, 7) is 3.59. The monoisotopic (exact) mass is 261 g/mol. The second-order valence-electron chi connectivity index (χ2n) is 5.28. The van der Waals surface area contributed by atoms with E-state index in [1.54, 1.807) is 0 Å². The molecule has 1 amide bonds. The number of hydrogen-bond acceptors (Lipinski definition) is 3. The first-order valence-electron chi connectivity index (χ1n) is 6.96. The lowest BCUT2D eigenvalue weighted by Gasteiger charge is -2.31. The molecule has 1 aromatic carbocycles. The Hall–Kier alpha value is -1.55. The van der Waals surface area contributed by atoms with Crippen LogP contribution in [0.3, 0.4) is 0 Å². The predicted molar refractivity (Wildman–Crippen MR) is 79.5 cm³/mol. The van der Waals surface area contributed by atoms with Crippen LogP contribution in [-0.4, -0.2) is 26.0 Å². The highest BCUT2D eigenvalue weighted by molar-refractivity contribution is 5.96. The number of fused-ring (bicyclic) bond motifs is 1. The van der Waals surface area contributed by atoms with E-state index in [1.807, 2.05) is 24.1 Å². The third-order valence-corrected chi connectivity index (χ3v) is 3.72. The fraction of sp³-hybridized carbons (Fsp3) is 0.533. The van der Waals surface area contributed by atoms with E-state index >= 15 is 0 Å². The molecule has 1 atom stereocenters. The normalized spacial score (nSPS) is 16.2. The van der Waals surface area contributed by atoms with Crippen molar-refractivity contribution < 1.29 is 4.79 Å². The maximum atomic E-state index is 12.1. The van der Waals surface area contributed by atoms with Crippen LogP contribution in [0.2, 0.25) is 0 Å². The van der Waals surface area contributed by atoms with Gasteiger partial charge in [-0.15, -0.1) is 0 Å². The Morgan fingerprint density at radius 3 is 2.89 bits per heavy atom. The molecule has 1 unspecified atom stereocenters. The number of nitrogens with one attached hydrogen (secondary N) is 1. The molecule has 4 nitrogen and oxygen atoms in total. The van der Waals surface area contributed by atoms with Gasteiger partial charge in [-0.3, -0.25) is 4.79 Å². The lowest BCUT2D eigenvalue weighted by Crippen LogP contribution is -2.38. The Morgan fingerprint density at radius 1 is 1.42 bits per heavy atom. The number of aryl methyl sites for hydroxylation is 1. The summed E-state index contributed by atoms with van der Waals surface area (Å²) in [5, 5.41) is 3.14. The van der Waals surface area contributed by atoms with Gasteiger partial charge in [0.1, 0.15) is 0 Å². The minimum atomic E-state index is 0.230. The number of carbonyl (C=O) groups excluding carboxylic acids is 1. The van der Waals surface area contributed by atoms with Crippen LogP contribution >= 0.6 is 0 Å². The Kier molecular flexibility index (Phi) is 4.43. The lowest BCUT2D eigenvalue weighted by atomic mass is 9.98. The minimum Gasteiger partial charge on any atom is -0.388 e. The molecular weight excluding hydrogens is 238 g/mol.